The van der Waals surface area contributed by atoms with Crippen molar-refractivity contribution in [2.45, 2.75) is 43.6 Å². The molecule has 0 spiro atoms. The molecule has 0 unspecified atom stereocenters. The van der Waals surface area contributed by atoms with Crippen molar-refractivity contribution in [3.63, 3.8) is 0 Å². The number of carbonyl (C=O) groups excluding carboxylic acids is 2. The number of piperidine rings is 2. The molecule has 7 heteroatoms. The Labute approximate surface area is 144 Å². The molecule has 1 aromatic rings. The van der Waals surface area contributed by atoms with Gasteiger partial charge in [0, 0.05) is 18.7 Å². The van der Waals surface area contributed by atoms with E-state index in [0.29, 0.717) is 37.9 Å². The maximum atomic E-state index is 14.4. The van der Waals surface area contributed by atoms with E-state index in [1.165, 1.54) is 0 Å². The van der Waals surface area contributed by atoms with Crippen molar-refractivity contribution in [2.24, 2.45) is 5.92 Å². The zero-order chi connectivity index (χ0) is 17.8. The van der Waals surface area contributed by atoms with E-state index in [1.54, 1.807) is 12.1 Å². The first-order valence-electron chi connectivity index (χ1n) is 8.66. The first-order chi connectivity index (χ1) is 11.9. The number of amides is 2. The van der Waals surface area contributed by atoms with Gasteiger partial charge in [-0.1, -0.05) is 12.1 Å². The van der Waals surface area contributed by atoms with Crippen molar-refractivity contribution in [3.05, 3.63) is 29.3 Å². The van der Waals surface area contributed by atoms with E-state index in [4.69, 9.17) is 0 Å². The summed E-state index contributed by atoms with van der Waals surface area (Å²) in [6, 6.07) is 4.86. The van der Waals surface area contributed by atoms with Gasteiger partial charge in [0.2, 0.25) is 11.8 Å². The summed E-state index contributed by atoms with van der Waals surface area (Å²) >= 11 is 0. The third kappa shape index (κ3) is 2.36. The van der Waals surface area contributed by atoms with E-state index in [9.17, 15) is 18.4 Å². The summed E-state index contributed by atoms with van der Waals surface area (Å²) in [6.07, 6.45) is 1.16. The molecule has 3 fully saturated rings. The number of imide groups is 1. The molecule has 2 heterocycles. The van der Waals surface area contributed by atoms with Crippen molar-refractivity contribution < 1.29 is 18.4 Å². The van der Waals surface area contributed by atoms with Crippen LogP contribution in [0.2, 0.25) is 0 Å². The zero-order valence-electron chi connectivity index (χ0n) is 14.0. The Balaban J connectivity index is 1.56. The summed E-state index contributed by atoms with van der Waals surface area (Å²) < 4.78 is 28.8. The van der Waals surface area contributed by atoms with Crippen molar-refractivity contribution in [1.82, 2.24) is 10.6 Å². The van der Waals surface area contributed by atoms with Crippen LogP contribution in [0.5, 0.6) is 0 Å². The number of carbonyl (C=O) groups is 2. The van der Waals surface area contributed by atoms with Gasteiger partial charge >= 0.3 is 0 Å². The van der Waals surface area contributed by atoms with E-state index in [-0.39, 0.29) is 11.8 Å². The average Bonchev–Trinajstić information content (AvgIpc) is 3.09. The fraction of sp³-hybridized carbons (Fsp3) is 0.556. The van der Waals surface area contributed by atoms with Gasteiger partial charge in [-0.3, -0.25) is 14.9 Å². The molecule has 0 aromatic heterocycles. The smallest absolute Gasteiger partial charge is 0.263 e. The Morgan fingerprint density at radius 3 is 2.76 bits per heavy atom. The van der Waals surface area contributed by atoms with Gasteiger partial charge in [-0.25, -0.2) is 8.78 Å². The van der Waals surface area contributed by atoms with Crippen LogP contribution < -0.4 is 16.0 Å². The summed E-state index contributed by atoms with van der Waals surface area (Å²) in [4.78, 5) is 23.1. The second kappa shape index (κ2) is 5.49. The van der Waals surface area contributed by atoms with Gasteiger partial charge in [-0.2, -0.15) is 0 Å². The fourth-order valence-corrected chi connectivity index (χ4v) is 4.37. The zero-order valence-corrected chi connectivity index (χ0v) is 14.0. The van der Waals surface area contributed by atoms with E-state index in [2.05, 4.69) is 16.0 Å². The number of nitrogens with one attached hydrogen (secondary N) is 3. The minimum atomic E-state index is -2.67. The maximum Gasteiger partial charge on any atom is 0.263 e. The molecule has 2 saturated heterocycles. The number of rotatable bonds is 3. The topological polar surface area (TPSA) is 70.2 Å². The lowest BCUT2D eigenvalue weighted by molar-refractivity contribution is -0.133. The van der Waals surface area contributed by atoms with E-state index < -0.39 is 23.3 Å². The summed E-state index contributed by atoms with van der Waals surface area (Å²) in [5, 5.41) is 8.49. The van der Waals surface area contributed by atoms with Crippen LogP contribution in [0.25, 0.3) is 0 Å². The number of halogens is 2. The number of aryl methyl sites for hydroxylation is 1. The number of anilines is 1. The first kappa shape index (κ1) is 16.4. The molecule has 1 aliphatic carbocycles. The molecular formula is C18H21F2N3O2. The molecule has 2 aliphatic heterocycles. The largest absolute Gasteiger partial charge is 0.373 e. The molecule has 3 atom stereocenters. The van der Waals surface area contributed by atoms with Gasteiger partial charge in [0.1, 0.15) is 6.04 Å². The van der Waals surface area contributed by atoms with Gasteiger partial charge in [0.15, 0.2) is 0 Å². The van der Waals surface area contributed by atoms with Crippen LogP contribution >= 0.6 is 0 Å². The molecule has 1 saturated carbocycles. The molecular weight excluding hydrogens is 328 g/mol. The van der Waals surface area contributed by atoms with Crippen LogP contribution in [-0.2, 0) is 15.0 Å². The molecule has 1 aromatic carbocycles. The predicted octanol–water partition coefficient (Wildman–Crippen LogP) is 1.71. The van der Waals surface area contributed by atoms with Gasteiger partial charge in [0.25, 0.3) is 5.92 Å². The van der Waals surface area contributed by atoms with E-state index >= 15 is 0 Å². The highest BCUT2D eigenvalue weighted by molar-refractivity contribution is 6.01. The highest BCUT2D eigenvalue weighted by atomic mass is 19.3. The number of hydrogen-bond donors (Lipinski definition) is 3. The van der Waals surface area contributed by atoms with Crippen LogP contribution in [-0.4, -0.2) is 36.9 Å². The minimum absolute atomic E-state index is 0.262. The summed E-state index contributed by atoms with van der Waals surface area (Å²) in [5.41, 5.74) is 1.20. The Hall–Kier alpha value is -2.02. The van der Waals surface area contributed by atoms with Crippen molar-refractivity contribution in [3.8, 4) is 0 Å². The normalized spacial score (nSPS) is 33.4. The number of hydrogen-bond acceptors (Lipinski definition) is 4. The van der Waals surface area contributed by atoms with Gasteiger partial charge in [0.05, 0.1) is 11.3 Å². The lowest BCUT2D eigenvalue weighted by atomic mass is 9.86. The SMILES string of the molecule is Cc1cc([C@]23CCNC[C@H]2C3(F)F)ccc1N[C@@H]1CCC(=O)NC1=O. The fourth-order valence-electron chi connectivity index (χ4n) is 4.37. The number of fused-ring (bicyclic) bond motifs is 1. The Morgan fingerprint density at radius 2 is 2.08 bits per heavy atom. The number of benzene rings is 1. The van der Waals surface area contributed by atoms with E-state index in [0.717, 1.165) is 11.3 Å². The minimum Gasteiger partial charge on any atom is -0.373 e. The monoisotopic (exact) mass is 349 g/mol. The van der Waals surface area contributed by atoms with Crippen molar-refractivity contribution in [2.75, 3.05) is 18.4 Å². The molecule has 2 amide bonds. The molecule has 3 N–H and O–H groups in total. The summed E-state index contributed by atoms with van der Waals surface area (Å²) in [6.45, 7) is 2.80. The molecule has 4 rings (SSSR count). The summed E-state index contributed by atoms with van der Waals surface area (Å²) in [7, 11) is 0. The Morgan fingerprint density at radius 1 is 1.28 bits per heavy atom. The third-order valence-corrected chi connectivity index (χ3v) is 5.90. The molecule has 134 valence electrons. The second-order valence-electron chi connectivity index (χ2n) is 7.28. The first-order valence-corrected chi connectivity index (χ1v) is 8.66. The standard InChI is InChI=1S/C18H21F2N3O2/c1-10-8-11(17-6-7-21-9-14(17)18(17,19)20)2-3-12(10)22-13-4-5-15(24)23-16(13)25/h2-3,8,13-14,21-22H,4-7,9H2,1H3,(H,23,24,25)/t13-,14-,17-/m1/s1. The maximum absolute atomic E-state index is 14.4. The predicted molar refractivity (Wildman–Crippen MR) is 88.6 cm³/mol. The molecule has 0 radical (unpaired) electrons. The molecule has 3 aliphatic rings. The Bertz CT molecular complexity index is 752. The lowest BCUT2D eigenvalue weighted by Crippen LogP contribution is -2.47. The third-order valence-electron chi connectivity index (χ3n) is 5.90. The van der Waals surface area contributed by atoms with Gasteiger partial charge in [-0.05, 0) is 43.5 Å². The number of alkyl halides is 2. The second-order valence-corrected chi connectivity index (χ2v) is 7.28. The highest BCUT2D eigenvalue weighted by Gasteiger charge is 2.80. The van der Waals surface area contributed by atoms with Crippen molar-refractivity contribution in [1.29, 1.82) is 0 Å². The quantitative estimate of drug-likeness (QED) is 0.727. The van der Waals surface area contributed by atoms with Gasteiger partial charge in [-0.15, -0.1) is 0 Å². The van der Waals surface area contributed by atoms with Crippen LogP contribution in [0, 0.1) is 12.8 Å². The van der Waals surface area contributed by atoms with Gasteiger partial charge < -0.3 is 10.6 Å². The van der Waals surface area contributed by atoms with E-state index in [1.807, 2.05) is 13.0 Å². The highest BCUT2D eigenvalue weighted by Crippen LogP contribution is 2.69. The lowest BCUT2D eigenvalue weighted by Gasteiger charge is -2.25. The molecule has 25 heavy (non-hydrogen) atoms. The molecule has 0 bridgehead atoms. The van der Waals surface area contributed by atoms with Crippen LogP contribution in [0.3, 0.4) is 0 Å². The van der Waals surface area contributed by atoms with Crippen molar-refractivity contribution >= 4 is 17.5 Å². The average molecular weight is 349 g/mol. The summed E-state index contributed by atoms with van der Waals surface area (Å²) in [5.74, 6) is -3.91. The molecule has 5 nitrogen and oxygen atoms in total. The van der Waals surface area contributed by atoms with Crippen LogP contribution in [0.1, 0.15) is 30.4 Å². The van der Waals surface area contributed by atoms with Crippen LogP contribution in [0.4, 0.5) is 14.5 Å². The Kier molecular flexibility index (Phi) is 3.61. The van der Waals surface area contributed by atoms with Crippen LogP contribution in [0.15, 0.2) is 18.2 Å².